The molecule has 1 saturated heterocycles. The number of benzene rings is 2. The number of hydrogen-bond acceptors (Lipinski definition) is 1. The molecule has 1 heterocycles. The maximum absolute atomic E-state index is 12.8. The molecule has 0 radical (unpaired) electrons. The number of carbonyl (C=O) groups is 1. The standard InChI is InChI=1S/C20H23ClN2O/c1-15-6-8-16(9-7-15)19-5-3-2-4-14-23(19)20(24)22-18-12-10-17(21)11-13-18/h6-13,19H,2-5,14H2,1H3,(H,22,24). The van der Waals surface area contributed by atoms with Gasteiger partial charge in [-0.3, -0.25) is 0 Å². The minimum Gasteiger partial charge on any atom is -0.317 e. The van der Waals surface area contributed by atoms with E-state index < -0.39 is 0 Å². The number of aryl methyl sites for hydroxylation is 1. The van der Waals surface area contributed by atoms with E-state index in [0.29, 0.717) is 5.02 Å². The summed E-state index contributed by atoms with van der Waals surface area (Å²) in [5.41, 5.74) is 3.23. The predicted molar refractivity (Wildman–Crippen MR) is 99.6 cm³/mol. The van der Waals surface area contributed by atoms with Gasteiger partial charge in [0.15, 0.2) is 0 Å². The molecule has 1 aliphatic heterocycles. The highest BCUT2D eigenvalue weighted by molar-refractivity contribution is 6.30. The summed E-state index contributed by atoms with van der Waals surface area (Å²) in [6.45, 7) is 2.87. The summed E-state index contributed by atoms with van der Waals surface area (Å²) in [6, 6.07) is 15.9. The van der Waals surface area contributed by atoms with Crippen LogP contribution in [0.1, 0.15) is 42.9 Å². The zero-order chi connectivity index (χ0) is 16.9. The van der Waals surface area contributed by atoms with Crippen molar-refractivity contribution in [2.45, 2.75) is 38.6 Å². The molecule has 3 nitrogen and oxygen atoms in total. The number of anilines is 1. The Morgan fingerprint density at radius 1 is 1.04 bits per heavy atom. The van der Waals surface area contributed by atoms with E-state index in [1.807, 2.05) is 17.0 Å². The van der Waals surface area contributed by atoms with Gasteiger partial charge in [-0.2, -0.15) is 0 Å². The highest BCUT2D eigenvalue weighted by atomic mass is 35.5. The van der Waals surface area contributed by atoms with E-state index in [0.717, 1.165) is 31.5 Å². The first-order valence-electron chi connectivity index (χ1n) is 8.53. The smallest absolute Gasteiger partial charge is 0.317 e. The average molecular weight is 343 g/mol. The highest BCUT2D eigenvalue weighted by Crippen LogP contribution is 2.31. The fourth-order valence-corrected chi connectivity index (χ4v) is 3.34. The zero-order valence-electron chi connectivity index (χ0n) is 14.0. The van der Waals surface area contributed by atoms with Gasteiger partial charge in [0.25, 0.3) is 0 Å². The van der Waals surface area contributed by atoms with Crippen LogP contribution in [0, 0.1) is 6.92 Å². The van der Waals surface area contributed by atoms with Crippen LogP contribution >= 0.6 is 11.6 Å². The van der Waals surface area contributed by atoms with Gasteiger partial charge < -0.3 is 10.2 Å². The van der Waals surface area contributed by atoms with Crippen molar-refractivity contribution in [3.05, 3.63) is 64.7 Å². The Bertz CT molecular complexity index is 682. The van der Waals surface area contributed by atoms with E-state index in [1.165, 1.54) is 17.5 Å². The lowest BCUT2D eigenvalue weighted by Crippen LogP contribution is -2.38. The van der Waals surface area contributed by atoms with Crippen molar-refractivity contribution < 1.29 is 4.79 Å². The van der Waals surface area contributed by atoms with Gasteiger partial charge in [-0.1, -0.05) is 54.3 Å². The number of nitrogens with zero attached hydrogens (tertiary/aromatic N) is 1. The van der Waals surface area contributed by atoms with Gasteiger partial charge in [0.2, 0.25) is 0 Å². The van der Waals surface area contributed by atoms with E-state index in [1.54, 1.807) is 12.1 Å². The maximum atomic E-state index is 12.8. The molecule has 0 aliphatic carbocycles. The molecule has 1 unspecified atom stereocenters. The van der Waals surface area contributed by atoms with Crippen LogP contribution in [0.15, 0.2) is 48.5 Å². The summed E-state index contributed by atoms with van der Waals surface area (Å²) < 4.78 is 0. The van der Waals surface area contributed by atoms with Crippen molar-refractivity contribution in [1.82, 2.24) is 4.90 Å². The molecule has 4 heteroatoms. The SMILES string of the molecule is Cc1ccc(C2CCCCCN2C(=O)Nc2ccc(Cl)cc2)cc1. The quantitative estimate of drug-likeness (QED) is 0.735. The largest absolute Gasteiger partial charge is 0.322 e. The van der Waals surface area contributed by atoms with Crippen molar-refractivity contribution in [2.75, 3.05) is 11.9 Å². The number of amides is 2. The summed E-state index contributed by atoms with van der Waals surface area (Å²) in [5.74, 6) is 0. The Labute approximate surface area is 148 Å². The Balaban J connectivity index is 1.79. The number of halogens is 1. The summed E-state index contributed by atoms with van der Waals surface area (Å²) in [6.07, 6.45) is 4.39. The lowest BCUT2D eigenvalue weighted by Gasteiger charge is -2.30. The van der Waals surface area contributed by atoms with Crippen molar-refractivity contribution >= 4 is 23.3 Å². The minimum absolute atomic E-state index is 0.0372. The van der Waals surface area contributed by atoms with Crippen LogP contribution in [-0.4, -0.2) is 17.5 Å². The second kappa shape index (κ2) is 7.71. The minimum atomic E-state index is -0.0372. The molecule has 1 aliphatic rings. The number of rotatable bonds is 2. The Kier molecular flexibility index (Phi) is 5.41. The molecular formula is C20H23ClN2O. The van der Waals surface area contributed by atoms with Gasteiger partial charge in [-0.25, -0.2) is 4.79 Å². The molecule has 2 aromatic rings. The molecule has 1 fully saturated rings. The molecule has 2 amide bonds. The molecule has 3 rings (SSSR count). The third kappa shape index (κ3) is 4.09. The summed E-state index contributed by atoms with van der Waals surface area (Å²) in [4.78, 5) is 14.8. The second-order valence-corrected chi connectivity index (χ2v) is 6.84. The lowest BCUT2D eigenvalue weighted by molar-refractivity contribution is 0.189. The van der Waals surface area contributed by atoms with Crippen molar-refractivity contribution in [1.29, 1.82) is 0 Å². The van der Waals surface area contributed by atoms with E-state index in [2.05, 4.69) is 36.5 Å². The van der Waals surface area contributed by atoms with Gasteiger partial charge in [0.1, 0.15) is 0 Å². The molecule has 1 atom stereocenters. The number of nitrogens with one attached hydrogen (secondary N) is 1. The van der Waals surface area contributed by atoms with E-state index in [9.17, 15) is 4.79 Å². The second-order valence-electron chi connectivity index (χ2n) is 6.41. The van der Waals surface area contributed by atoms with Gasteiger partial charge in [-0.15, -0.1) is 0 Å². The molecule has 0 spiro atoms. The fraction of sp³-hybridized carbons (Fsp3) is 0.350. The third-order valence-electron chi connectivity index (χ3n) is 4.57. The third-order valence-corrected chi connectivity index (χ3v) is 4.82. The molecule has 126 valence electrons. The first kappa shape index (κ1) is 16.8. The van der Waals surface area contributed by atoms with Gasteiger partial charge in [0.05, 0.1) is 6.04 Å². The van der Waals surface area contributed by atoms with Crippen molar-refractivity contribution in [3.8, 4) is 0 Å². The van der Waals surface area contributed by atoms with Crippen molar-refractivity contribution in [3.63, 3.8) is 0 Å². The monoisotopic (exact) mass is 342 g/mol. The fourth-order valence-electron chi connectivity index (χ4n) is 3.22. The lowest BCUT2D eigenvalue weighted by atomic mass is 10.00. The highest BCUT2D eigenvalue weighted by Gasteiger charge is 2.26. The topological polar surface area (TPSA) is 32.3 Å². The summed E-state index contributed by atoms with van der Waals surface area (Å²) in [7, 11) is 0. The van der Waals surface area contributed by atoms with Crippen LogP contribution < -0.4 is 5.32 Å². The first-order chi connectivity index (χ1) is 11.6. The summed E-state index contributed by atoms with van der Waals surface area (Å²) >= 11 is 5.91. The Morgan fingerprint density at radius 3 is 2.46 bits per heavy atom. The molecule has 0 saturated carbocycles. The normalized spacial score (nSPS) is 18.1. The van der Waals surface area contributed by atoms with Crippen LogP contribution in [0.3, 0.4) is 0 Å². The number of hydrogen-bond donors (Lipinski definition) is 1. The maximum Gasteiger partial charge on any atom is 0.322 e. The molecule has 1 N–H and O–H groups in total. The molecule has 0 aromatic heterocycles. The van der Waals surface area contributed by atoms with Gasteiger partial charge in [-0.05, 0) is 49.6 Å². The van der Waals surface area contributed by atoms with E-state index in [4.69, 9.17) is 11.6 Å². The number of carbonyl (C=O) groups excluding carboxylic acids is 1. The van der Waals surface area contributed by atoms with Crippen LogP contribution in [0.2, 0.25) is 5.02 Å². The van der Waals surface area contributed by atoms with Crippen LogP contribution in [0.4, 0.5) is 10.5 Å². The Hall–Kier alpha value is -2.00. The number of likely N-dealkylation sites (tertiary alicyclic amines) is 1. The van der Waals surface area contributed by atoms with Crippen LogP contribution in [0.25, 0.3) is 0 Å². The predicted octanol–water partition coefficient (Wildman–Crippen LogP) is 5.80. The molecule has 2 aromatic carbocycles. The summed E-state index contributed by atoms with van der Waals surface area (Å²) in [5, 5.41) is 3.67. The van der Waals surface area contributed by atoms with Crippen LogP contribution in [-0.2, 0) is 0 Å². The van der Waals surface area contributed by atoms with Gasteiger partial charge >= 0.3 is 6.03 Å². The molecule has 0 bridgehead atoms. The van der Waals surface area contributed by atoms with Gasteiger partial charge in [0, 0.05) is 17.3 Å². The first-order valence-corrected chi connectivity index (χ1v) is 8.91. The van der Waals surface area contributed by atoms with Crippen molar-refractivity contribution in [2.24, 2.45) is 0 Å². The van der Waals surface area contributed by atoms with Crippen LogP contribution in [0.5, 0.6) is 0 Å². The Morgan fingerprint density at radius 2 is 1.75 bits per heavy atom. The molecule has 24 heavy (non-hydrogen) atoms. The average Bonchev–Trinajstić information content (AvgIpc) is 2.84. The van der Waals surface area contributed by atoms with E-state index in [-0.39, 0.29) is 12.1 Å². The number of urea groups is 1. The zero-order valence-corrected chi connectivity index (χ0v) is 14.7. The molecular weight excluding hydrogens is 320 g/mol. The van der Waals surface area contributed by atoms with E-state index >= 15 is 0 Å².